The van der Waals surface area contributed by atoms with Crippen molar-refractivity contribution in [2.45, 2.75) is 77.9 Å². The number of aliphatic hydroxyl groups is 2. The minimum atomic E-state index is -0.506. The zero-order chi connectivity index (χ0) is 24.0. The highest BCUT2D eigenvalue weighted by Gasteiger charge is 2.10. The number of hydrogen-bond acceptors (Lipinski definition) is 9. The van der Waals surface area contributed by atoms with Gasteiger partial charge in [-0.05, 0) is 33.6 Å². The van der Waals surface area contributed by atoms with E-state index in [1.54, 1.807) is 0 Å². The van der Waals surface area contributed by atoms with Gasteiger partial charge in [0.15, 0.2) is 0 Å². The number of rotatable bonds is 24. The first-order valence-electron chi connectivity index (χ1n) is 12.1. The molecule has 4 N–H and O–H groups in total. The maximum atomic E-state index is 9.83. The van der Waals surface area contributed by atoms with Crippen LogP contribution in [0, 0.1) is 0 Å². The molecule has 0 aromatic carbocycles. The van der Waals surface area contributed by atoms with Gasteiger partial charge in [0, 0.05) is 38.4 Å². The molecular formula is C23H50N2O7. The Bertz CT molecular complexity index is 393. The van der Waals surface area contributed by atoms with Crippen LogP contribution in [0.5, 0.6) is 0 Å². The lowest BCUT2D eigenvalue weighted by molar-refractivity contribution is -0.0349. The molecule has 0 saturated carbocycles. The van der Waals surface area contributed by atoms with Gasteiger partial charge < -0.3 is 44.5 Å². The molecule has 0 saturated heterocycles. The van der Waals surface area contributed by atoms with Crippen LogP contribution < -0.4 is 10.6 Å². The molecule has 5 unspecified atom stereocenters. The molecule has 0 aliphatic carbocycles. The molecule has 5 atom stereocenters. The summed E-state index contributed by atoms with van der Waals surface area (Å²) in [6.07, 6.45) is 0.874. The topological polar surface area (TPSA) is 111 Å². The average Bonchev–Trinajstić information content (AvgIpc) is 2.76. The molecule has 9 heteroatoms. The van der Waals surface area contributed by atoms with E-state index in [1.807, 2.05) is 34.6 Å². The van der Waals surface area contributed by atoms with Gasteiger partial charge >= 0.3 is 0 Å². The molecule has 0 amide bonds. The average molecular weight is 467 g/mol. The number of ether oxygens (including phenoxy) is 5. The zero-order valence-corrected chi connectivity index (χ0v) is 21.0. The van der Waals surface area contributed by atoms with E-state index in [0.29, 0.717) is 72.6 Å². The predicted octanol–water partition coefficient (Wildman–Crippen LogP) is 0.956. The lowest BCUT2D eigenvalue weighted by atomic mass is 10.3. The highest BCUT2D eigenvalue weighted by atomic mass is 16.6. The second-order valence-electron chi connectivity index (χ2n) is 8.37. The fourth-order valence-electron chi connectivity index (χ4n) is 2.66. The molecule has 0 aliphatic heterocycles. The fourth-order valence-corrected chi connectivity index (χ4v) is 2.66. The van der Waals surface area contributed by atoms with E-state index < -0.39 is 12.2 Å². The first-order chi connectivity index (χ1) is 15.4. The van der Waals surface area contributed by atoms with Gasteiger partial charge in [-0.3, -0.25) is 0 Å². The summed E-state index contributed by atoms with van der Waals surface area (Å²) < 4.78 is 27.7. The molecule has 0 heterocycles. The van der Waals surface area contributed by atoms with Crippen molar-refractivity contribution in [3.05, 3.63) is 0 Å². The van der Waals surface area contributed by atoms with Crippen molar-refractivity contribution in [3.63, 3.8) is 0 Å². The SMILES string of the molecule is CCCOCC(O)CNC(C)COCCOC(C)COCC(C)NCC(O)COCCC. The van der Waals surface area contributed by atoms with Crippen molar-refractivity contribution in [2.75, 3.05) is 72.6 Å². The van der Waals surface area contributed by atoms with Crippen LogP contribution in [0.25, 0.3) is 0 Å². The van der Waals surface area contributed by atoms with E-state index in [-0.39, 0.29) is 18.2 Å². The Morgan fingerprint density at radius 3 is 1.56 bits per heavy atom. The van der Waals surface area contributed by atoms with E-state index in [4.69, 9.17) is 23.7 Å². The highest BCUT2D eigenvalue weighted by molar-refractivity contribution is 4.66. The maximum Gasteiger partial charge on any atom is 0.0897 e. The zero-order valence-electron chi connectivity index (χ0n) is 21.0. The normalized spacial score (nSPS) is 16.6. The molecule has 0 spiro atoms. The summed E-state index contributed by atoms with van der Waals surface area (Å²) in [6.45, 7) is 15.7. The third-order valence-corrected chi connectivity index (χ3v) is 4.44. The Labute approximate surface area is 195 Å². The van der Waals surface area contributed by atoms with E-state index >= 15 is 0 Å². The van der Waals surface area contributed by atoms with Crippen LogP contribution in [-0.2, 0) is 23.7 Å². The Hall–Kier alpha value is -0.360. The van der Waals surface area contributed by atoms with Crippen molar-refractivity contribution in [1.29, 1.82) is 0 Å². The molecule has 0 fully saturated rings. The van der Waals surface area contributed by atoms with Crippen LogP contribution in [0.2, 0.25) is 0 Å². The Morgan fingerprint density at radius 2 is 1.06 bits per heavy atom. The van der Waals surface area contributed by atoms with E-state index in [1.165, 1.54) is 0 Å². The molecule has 0 rings (SSSR count). The minimum absolute atomic E-state index is 0.0207. The van der Waals surface area contributed by atoms with Crippen molar-refractivity contribution < 1.29 is 33.9 Å². The van der Waals surface area contributed by atoms with E-state index in [9.17, 15) is 10.2 Å². The Kier molecular flexibility index (Phi) is 22.2. The molecular weight excluding hydrogens is 416 g/mol. The molecule has 0 bridgehead atoms. The lowest BCUT2D eigenvalue weighted by Gasteiger charge is -2.19. The standard InChI is InChI=1S/C23H50N2O7/c1-6-8-28-17-22(26)12-24-19(3)14-30-10-11-32-21(5)16-31-15-20(4)25-13-23(27)18-29-9-7-2/h19-27H,6-18H2,1-5H3. The summed E-state index contributed by atoms with van der Waals surface area (Å²) in [5.74, 6) is 0. The van der Waals surface area contributed by atoms with Crippen LogP contribution in [0.1, 0.15) is 47.5 Å². The second-order valence-corrected chi connectivity index (χ2v) is 8.37. The monoisotopic (exact) mass is 466 g/mol. The van der Waals surface area contributed by atoms with Gasteiger partial charge in [-0.25, -0.2) is 0 Å². The van der Waals surface area contributed by atoms with Gasteiger partial charge in [-0.2, -0.15) is 0 Å². The van der Waals surface area contributed by atoms with Crippen molar-refractivity contribution >= 4 is 0 Å². The summed E-state index contributed by atoms with van der Waals surface area (Å²) in [6, 6.07) is 0.277. The maximum absolute atomic E-state index is 9.83. The van der Waals surface area contributed by atoms with E-state index in [0.717, 1.165) is 12.8 Å². The van der Waals surface area contributed by atoms with Crippen LogP contribution in [0.3, 0.4) is 0 Å². The van der Waals surface area contributed by atoms with E-state index in [2.05, 4.69) is 10.6 Å². The molecule has 9 nitrogen and oxygen atoms in total. The van der Waals surface area contributed by atoms with Gasteiger partial charge in [-0.15, -0.1) is 0 Å². The predicted molar refractivity (Wildman–Crippen MR) is 126 cm³/mol. The van der Waals surface area contributed by atoms with Gasteiger partial charge in [0.25, 0.3) is 0 Å². The number of nitrogens with one attached hydrogen (secondary N) is 2. The molecule has 194 valence electrons. The van der Waals surface area contributed by atoms with Crippen molar-refractivity contribution in [2.24, 2.45) is 0 Å². The largest absolute Gasteiger partial charge is 0.389 e. The number of hydrogen-bond donors (Lipinski definition) is 4. The smallest absolute Gasteiger partial charge is 0.0897 e. The molecule has 32 heavy (non-hydrogen) atoms. The van der Waals surface area contributed by atoms with Gasteiger partial charge in [0.05, 0.1) is 64.6 Å². The summed E-state index contributed by atoms with van der Waals surface area (Å²) >= 11 is 0. The Balaban J connectivity index is 3.56. The van der Waals surface area contributed by atoms with Crippen molar-refractivity contribution in [1.82, 2.24) is 10.6 Å². The molecule has 0 aromatic rings. The van der Waals surface area contributed by atoms with Crippen LogP contribution in [0.15, 0.2) is 0 Å². The third-order valence-electron chi connectivity index (χ3n) is 4.44. The fraction of sp³-hybridized carbons (Fsp3) is 1.00. The Morgan fingerprint density at radius 1 is 0.594 bits per heavy atom. The third kappa shape index (κ3) is 21.5. The van der Waals surface area contributed by atoms with Crippen LogP contribution in [-0.4, -0.2) is 113 Å². The highest BCUT2D eigenvalue weighted by Crippen LogP contribution is 1.96. The molecule has 0 aromatic heterocycles. The summed E-state index contributed by atoms with van der Waals surface area (Å²) in [7, 11) is 0. The minimum Gasteiger partial charge on any atom is -0.389 e. The molecule has 0 radical (unpaired) electrons. The van der Waals surface area contributed by atoms with Crippen LogP contribution in [0.4, 0.5) is 0 Å². The van der Waals surface area contributed by atoms with Crippen LogP contribution >= 0.6 is 0 Å². The van der Waals surface area contributed by atoms with Crippen molar-refractivity contribution in [3.8, 4) is 0 Å². The van der Waals surface area contributed by atoms with Gasteiger partial charge in [0.2, 0.25) is 0 Å². The first-order valence-corrected chi connectivity index (χ1v) is 12.1. The van der Waals surface area contributed by atoms with Gasteiger partial charge in [-0.1, -0.05) is 13.8 Å². The second kappa shape index (κ2) is 22.4. The summed E-state index contributed by atoms with van der Waals surface area (Å²) in [4.78, 5) is 0. The summed E-state index contributed by atoms with van der Waals surface area (Å²) in [5.41, 5.74) is 0. The van der Waals surface area contributed by atoms with Gasteiger partial charge in [0.1, 0.15) is 0 Å². The lowest BCUT2D eigenvalue weighted by Crippen LogP contribution is -2.39. The number of aliphatic hydroxyl groups excluding tert-OH is 2. The molecule has 0 aliphatic rings. The first kappa shape index (κ1) is 31.6. The summed E-state index contributed by atoms with van der Waals surface area (Å²) in [5, 5.41) is 26.1. The quantitative estimate of drug-likeness (QED) is 0.155.